The number of imide groups is 1. The number of hydrogen-bond acceptors (Lipinski definition) is 9. The lowest BCUT2D eigenvalue weighted by Crippen LogP contribution is -2.49. The summed E-state index contributed by atoms with van der Waals surface area (Å²) in [5, 5.41) is 11.7. The smallest absolute Gasteiger partial charge is 0.254 e. The Morgan fingerprint density at radius 3 is 2.54 bits per heavy atom. The number of ether oxygens (including phenoxy) is 1. The first-order chi connectivity index (χ1) is 19.0. The van der Waals surface area contributed by atoms with Crippen molar-refractivity contribution < 1.29 is 24.2 Å². The van der Waals surface area contributed by atoms with E-state index in [9.17, 15) is 14.4 Å². The highest BCUT2D eigenvalue weighted by atomic mass is 32.2. The molecule has 5 rings (SSSR count). The zero-order chi connectivity index (χ0) is 27.2. The van der Waals surface area contributed by atoms with Crippen LogP contribution in [0.2, 0.25) is 0 Å². The Labute approximate surface area is 231 Å². The first-order valence-electron chi connectivity index (χ1n) is 13.0. The molecule has 0 aromatic heterocycles. The Morgan fingerprint density at radius 1 is 1.00 bits per heavy atom. The second kappa shape index (κ2) is 12.6. The van der Waals surface area contributed by atoms with E-state index in [2.05, 4.69) is 33.3 Å². The average molecular weight is 550 g/mol. The van der Waals surface area contributed by atoms with Gasteiger partial charge in [0.15, 0.2) is 0 Å². The molecule has 10 nitrogen and oxygen atoms in total. The Morgan fingerprint density at radius 2 is 1.77 bits per heavy atom. The number of aliphatic hydroxyl groups excluding tert-OH is 1. The topological polar surface area (TPSA) is 115 Å². The molecular formula is C28H31N5O5S. The van der Waals surface area contributed by atoms with Crippen LogP contribution in [0.25, 0.3) is 0 Å². The Balaban J connectivity index is 1.28. The maximum Gasteiger partial charge on any atom is 0.254 e. The SMILES string of the molecule is O=C(CN1C(=O)C=CC1=O)NCc1ccc2c(c1)Sc1ccccc1N=C2N1CCN(CCOCCO)CC1. The maximum atomic E-state index is 12.4. The van der Waals surface area contributed by atoms with Crippen LogP contribution in [0.3, 0.4) is 0 Å². The number of carbonyl (C=O) groups is 3. The molecular weight excluding hydrogens is 518 g/mol. The molecule has 0 spiro atoms. The maximum absolute atomic E-state index is 12.4. The lowest BCUT2D eigenvalue weighted by molar-refractivity contribution is -0.141. The number of para-hydroxylation sites is 1. The van der Waals surface area contributed by atoms with Crippen molar-refractivity contribution in [2.45, 2.75) is 16.3 Å². The minimum absolute atomic E-state index is 0.0406. The second-order valence-corrected chi connectivity index (χ2v) is 10.5. The fourth-order valence-electron chi connectivity index (χ4n) is 4.65. The summed E-state index contributed by atoms with van der Waals surface area (Å²) >= 11 is 1.66. The van der Waals surface area contributed by atoms with E-state index in [4.69, 9.17) is 14.8 Å². The number of amides is 3. The lowest BCUT2D eigenvalue weighted by Gasteiger charge is -2.36. The molecule has 3 heterocycles. The minimum atomic E-state index is -0.474. The van der Waals surface area contributed by atoms with Gasteiger partial charge < -0.3 is 20.1 Å². The van der Waals surface area contributed by atoms with Crippen molar-refractivity contribution in [2.24, 2.45) is 4.99 Å². The number of amidine groups is 1. The highest BCUT2D eigenvalue weighted by Gasteiger charge is 2.27. The number of rotatable bonds is 9. The number of piperazine rings is 1. The van der Waals surface area contributed by atoms with E-state index >= 15 is 0 Å². The van der Waals surface area contributed by atoms with Gasteiger partial charge in [-0.25, -0.2) is 4.99 Å². The zero-order valence-corrected chi connectivity index (χ0v) is 22.4. The summed E-state index contributed by atoms with van der Waals surface area (Å²) in [6.45, 7) is 5.30. The molecule has 2 N–H and O–H groups in total. The molecule has 11 heteroatoms. The molecule has 204 valence electrons. The molecule has 1 saturated heterocycles. The molecule has 0 atom stereocenters. The van der Waals surface area contributed by atoms with Crippen LogP contribution in [-0.4, -0.2) is 102 Å². The predicted molar refractivity (Wildman–Crippen MR) is 147 cm³/mol. The predicted octanol–water partition coefficient (Wildman–Crippen LogP) is 1.40. The lowest BCUT2D eigenvalue weighted by atomic mass is 10.1. The molecule has 39 heavy (non-hydrogen) atoms. The van der Waals surface area contributed by atoms with E-state index in [-0.39, 0.29) is 19.7 Å². The molecule has 0 unspecified atom stereocenters. The number of benzene rings is 2. The van der Waals surface area contributed by atoms with Gasteiger partial charge in [0.1, 0.15) is 12.4 Å². The van der Waals surface area contributed by atoms with Crippen molar-refractivity contribution in [2.75, 3.05) is 59.1 Å². The molecule has 3 amide bonds. The van der Waals surface area contributed by atoms with Gasteiger partial charge in [0.05, 0.1) is 25.5 Å². The van der Waals surface area contributed by atoms with Crippen LogP contribution >= 0.6 is 11.8 Å². The van der Waals surface area contributed by atoms with E-state index in [1.807, 2.05) is 24.3 Å². The van der Waals surface area contributed by atoms with Crippen LogP contribution < -0.4 is 5.32 Å². The Hall–Kier alpha value is -3.51. The molecule has 0 radical (unpaired) electrons. The zero-order valence-electron chi connectivity index (χ0n) is 21.5. The Bertz CT molecular complexity index is 1290. The van der Waals surface area contributed by atoms with Crippen LogP contribution in [0, 0.1) is 0 Å². The van der Waals surface area contributed by atoms with Crippen molar-refractivity contribution >= 4 is 41.0 Å². The summed E-state index contributed by atoms with van der Waals surface area (Å²) in [5.74, 6) is -0.404. The monoisotopic (exact) mass is 549 g/mol. The summed E-state index contributed by atoms with van der Waals surface area (Å²) in [4.78, 5) is 48.7. The van der Waals surface area contributed by atoms with Gasteiger partial charge in [0, 0.05) is 66.8 Å². The van der Waals surface area contributed by atoms with Gasteiger partial charge >= 0.3 is 0 Å². The molecule has 3 aliphatic rings. The van der Waals surface area contributed by atoms with E-state index in [1.165, 1.54) is 12.2 Å². The van der Waals surface area contributed by atoms with Crippen molar-refractivity contribution in [3.63, 3.8) is 0 Å². The van der Waals surface area contributed by atoms with E-state index in [0.29, 0.717) is 13.2 Å². The van der Waals surface area contributed by atoms with Crippen molar-refractivity contribution in [1.82, 2.24) is 20.0 Å². The van der Waals surface area contributed by atoms with Gasteiger partial charge in [-0.2, -0.15) is 0 Å². The quantitative estimate of drug-likeness (QED) is 0.357. The van der Waals surface area contributed by atoms with Crippen LogP contribution in [0.1, 0.15) is 11.1 Å². The highest BCUT2D eigenvalue weighted by molar-refractivity contribution is 7.99. The van der Waals surface area contributed by atoms with Gasteiger partial charge in [0.25, 0.3) is 11.8 Å². The summed E-state index contributed by atoms with van der Waals surface area (Å²) in [7, 11) is 0. The fourth-order valence-corrected chi connectivity index (χ4v) is 5.73. The summed E-state index contributed by atoms with van der Waals surface area (Å²) < 4.78 is 5.43. The minimum Gasteiger partial charge on any atom is -0.394 e. The largest absolute Gasteiger partial charge is 0.394 e. The van der Waals surface area contributed by atoms with Gasteiger partial charge in [-0.15, -0.1) is 0 Å². The number of fused-ring (bicyclic) bond motifs is 2. The van der Waals surface area contributed by atoms with Gasteiger partial charge in [-0.1, -0.05) is 30.0 Å². The van der Waals surface area contributed by atoms with E-state index in [1.54, 1.807) is 11.8 Å². The number of nitrogens with one attached hydrogen (secondary N) is 1. The number of hydrogen-bond donors (Lipinski definition) is 2. The summed E-state index contributed by atoms with van der Waals surface area (Å²) in [6, 6.07) is 14.2. The third kappa shape index (κ3) is 6.56. The van der Waals surface area contributed by atoms with Crippen LogP contribution in [0.15, 0.2) is 69.4 Å². The number of carbonyl (C=O) groups excluding carboxylic acids is 3. The Kier molecular flexibility index (Phi) is 8.72. The highest BCUT2D eigenvalue weighted by Crippen LogP contribution is 2.41. The van der Waals surface area contributed by atoms with Gasteiger partial charge in [-0.05, 0) is 29.8 Å². The third-order valence-electron chi connectivity index (χ3n) is 6.75. The van der Waals surface area contributed by atoms with Gasteiger partial charge in [-0.3, -0.25) is 24.2 Å². The standard InChI is InChI=1S/C28H31N5O5S/c34-14-16-38-15-13-31-9-11-32(12-10-31)28-21-6-5-20(17-24(21)39-23-4-2-1-3-22(23)30-28)18-29-25(35)19-33-26(36)7-8-27(33)37/h1-8,17,34H,9-16,18-19H2,(H,29,35). The second-order valence-electron chi connectivity index (χ2n) is 9.37. The van der Waals surface area contributed by atoms with Crippen LogP contribution in [0.5, 0.6) is 0 Å². The summed E-state index contributed by atoms with van der Waals surface area (Å²) in [5.41, 5.74) is 2.89. The summed E-state index contributed by atoms with van der Waals surface area (Å²) in [6.07, 6.45) is 2.34. The molecule has 0 saturated carbocycles. The van der Waals surface area contributed by atoms with E-state index in [0.717, 1.165) is 70.1 Å². The molecule has 0 bridgehead atoms. The van der Waals surface area contributed by atoms with Crippen molar-refractivity contribution in [3.05, 3.63) is 65.7 Å². The van der Waals surface area contributed by atoms with E-state index < -0.39 is 17.7 Å². The molecule has 2 aromatic carbocycles. The van der Waals surface area contributed by atoms with Crippen LogP contribution in [0.4, 0.5) is 5.69 Å². The van der Waals surface area contributed by atoms with Crippen LogP contribution in [-0.2, 0) is 25.7 Å². The van der Waals surface area contributed by atoms with Crippen molar-refractivity contribution in [1.29, 1.82) is 0 Å². The number of nitrogens with zero attached hydrogens (tertiary/aromatic N) is 4. The molecule has 0 aliphatic carbocycles. The van der Waals surface area contributed by atoms with Gasteiger partial charge in [0.2, 0.25) is 5.91 Å². The number of aliphatic hydroxyl groups is 1. The fraction of sp³-hybridized carbons (Fsp3) is 0.357. The first kappa shape index (κ1) is 27.1. The third-order valence-corrected chi connectivity index (χ3v) is 7.87. The first-order valence-corrected chi connectivity index (χ1v) is 13.8. The normalized spacial score (nSPS) is 17.1. The molecule has 1 fully saturated rings. The number of aliphatic imine (C=N–C) groups is 1. The molecule has 3 aliphatic heterocycles. The molecule has 2 aromatic rings. The van der Waals surface area contributed by atoms with Crippen molar-refractivity contribution in [3.8, 4) is 0 Å². The average Bonchev–Trinajstić information content (AvgIpc) is 3.16.